The number of aryl methyl sites for hydroxylation is 1. The van der Waals surface area contributed by atoms with Crippen molar-refractivity contribution in [1.82, 2.24) is 14.8 Å². The molecule has 4 nitrogen and oxygen atoms in total. The number of nitrogens with zero attached hydrogens (tertiary/aromatic N) is 3. The highest BCUT2D eigenvalue weighted by Crippen LogP contribution is 2.17. The van der Waals surface area contributed by atoms with Gasteiger partial charge in [0.15, 0.2) is 0 Å². The fraction of sp³-hybridized carbons (Fsp3) is 0.273. The Bertz CT molecular complexity index is 430. The zero-order valence-electron chi connectivity index (χ0n) is 8.94. The van der Waals surface area contributed by atoms with Crippen LogP contribution in [0.1, 0.15) is 6.92 Å². The Morgan fingerprint density at radius 2 is 2.20 bits per heavy atom. The van der Waals surface area contributed by atoms with Crippen molar-refractivity contribution in [3.05, 3.63) is 30.7 Å². The SMILES string of the molecule is CCNc1ccc(-c2cnn(C)c2)nc1. The van der Waals surface area contributed by atoms with Crippen LogP contribution in [0, 0.1) is 0 Å². The lowest BCUT2D eigenvalue weighted by molar-refractivity contribution is 0.768. The molecule has 15 heavy (non-hydrogen) atoms. The molecule has 0 saturated carbocycles. The summed E-state index contributed by atoms with van der Waals surface area (Å²) < 4.78 is 1.77. The molecule has 0 amide bonds. The summed E-state index contributed by atoms with van der Waals surface area (Å²) >= 11 is 0. The fourth-order valence-corrected chi connectivity index (χ4v) is 1.43. The van der Waals surface area contributed by atoms with Crippen molar-refractivity contribution in [1.29, 1.82) is 0 Å². The monoisotopic (exact) mass is 202 g/mol. The highest BCUT2D eigenvalue weighted by atomic mass is 15.2. The predicted molar refractivity (Wildman–Crippen MR) is 60.6 cm³/mol. The minimum atomic E-state index is 0.911. The molecule has 0 aliphatic rings. The highest BCUT2D eigenvalue weighted by molar-refractivity contribution is 5.59. The van der Waals surface area contributed by atoms with Crippen LogP contribution in [-0.2, 0) is 7.05 Å². The van der Waals surface area contributed by atoms with Gasteiger partial charge in [0.2, 0.25) is 0 Å². The topological polar surface area (TPSA) is 42.7 Å². The molecule has 0 bridgehead atoms. The van der Waals surface area contributed by atoms with Gasteiger partial charge >= 0.3 is 0 Å². The average molecular weight is 202 g/mol. The second-order valence-electron chi connectivity index (χ2n) is 3.37. The van der Waals surface area contributed by atoms with Crippen LogP contribution in [0.25, 0.3) is 11.3 Å². The molecule has 4 heteroatoms. The number of hydrogen-bond acceptors (Lipinski definition) is 3. The van der Waals surface area contributed by atoms with Gasteiger partial charge in [0.05, 0.1) is 23.8 Å². The normalized spacial score (nSPS) is 10.3. The number of hydrogen-bond donors (Lipinski definition) is 1. The molecule has 0 saturated heterocycles. The van der Waals surface area contributed by atoms with E-state index >= 15 is 0 Å². The molecule has 1 N–H and O–H groups in total. The lowest BCUT2D eigenvalue weighted by atomic mass is 10.2. The van der Waals surface area contributed by atoms with Crippen molar-refractivity contribution in [2.24, 2.45) is 7.05 Å². The molecule has 2 rings (SSSR count). The standard InChI is InChI=1S/C11H14N4/c1-3-12-10-4-5-11(13-7-10)9-6-14-15(2)8-9/h4-8,12H,3H2,1-2H3. The van der Waals surface area contributed by atoms with Crippen LogP contribution in [0.2, 0.25) is 0 Å². The second-order valence-corrected chi connectivity index (χ2v) is 3.37. The molecule has 0 radical (unpaired) electrons. The fourth-order valence-electron chi connectivity index (χ4n) is 1.43. The number of rotatable bonds is 3. The van der Waals surface area contributed by atoms with Crippen molar-refractivity contribution in [2.45, 2.75) is 6.92 Å². The van der Waals surface area contributed by atoms with E-state index in [2.05, 4.69) is 22.3 Å². The quantitative estimate of drug-likeness (QED) is 0.826. The van der Waals surface area contributed by atoms with E-state index in [0.717, 1.165) is 23.5 Å². The summed E-state index contributed by atoms with van der Waals surface area (Å²) in [6.45, 7) is 2.98. The van der Waals surface area contributed by atoms with Gasteiger partial charge in [0.25, 0.3) is 0 Å². The number of pyridine rings is 1. The van der Waals surface area contributed by atoms with Crippen LogP contribution >= 0.6 is 0 Å². The van der Waals surface area contributed by atoms with E-state index in [1.807, 2.05) is 37.8 Å². The molecule has 2 heterocycles. The summed E-state index contributed by atoms with van der Waals surface area (Å²) in [7, 11) is 1.90. The first-order valence-corrected chi connectivity index (χ1v) is 4.98. The van der Waals surface area contributed by atoms with Crippen LogP contribution in [0.4, 0.5) is 5.69 Å². The van der Waals surface area contributed by atoms with E-state index in [-0.39, 0.29) is 0 Å². The summed E-state index contributed by atoms with van der Waals surface area (Å²) in [6.07, 6.45) is 5.61. The molecular weight excluding hydrogens is 188 g/mol. The van der Waals surface area contributed by atoms with Gasteiger partial charge in [-0.15, -0.1) is 0 Å². The van der Waals surface area contributed by atoms with Gasteiger partial charge in [0.1, 0.15) is 0 Å². The van der Waals surface area contributed by atoms with E-state index < -0.39 is 0 Å². The van der Waals surface area contributed by atoms with Gasteiger partial charge < -0.3 is 5.32 Å². The van der Waals surface area contributed by atoms with Crippen molar-refractivity contribution in [3.8, 4) is 11.3 Å². The van der Waals surface area contributed by atoms with E-state index in [4.69, 9.17) is 0 Å². The van der Waals surface area contributed by atoms with Gasteiger partial charge in [-0.05, 0) is 19.1 Å². The van der Waals surface area contributed by atoms with Crippen LogP contribution in [0.5, 0.6) is 0 Å². The maximum absolute atomic E-state index is 4.37. The van der Waals surface area contributed by atoms with Crippen molar-refractivity contribution in [3.63, 3.8) is 0 Å². The number of nitrogens with one attached hydrogen (secondary N) is 1. The van der Waals surface area contributed by atoms with Gasteiger partial charge in [-0.1, -0.05) is 0 Å². The first kappa shape index (κ1) is 9.71. The molecular formula is C11H14N4. The van der Waals surface area contributed by atoms with Crippen molar-refractivity contribution >= 4 is 5.69 Å². The van der Waals surface area contributed by atoms with Gasteiger partial charge in [-0.2, -0.15) is 5.10 Å². The summed E-state index contributed by atoms with van der Waals surface area (Å²) in [4.78, 5) is 4.37. The van der Waals surface area contributed by atoms with Gasteiger partial charge in [-0.3, -0.25) is 9.67 Å². The zero-order valence-corrected chi connectivity index (χ0v) is 8.94. The Balaban J connectivity index is 2.23. The van der Waals surface area contributed by atoms with Crippen LogP contribution in [0.3, 0.4) is 0 Å². The third kappa shape index (κ3) is 2.15. The molecule has 0 spiro atoms. The summed E-state index contributed by atoms with van der Waals surface area (Å²) in [6, 6.07) is 4.02. The maximum Gasteiger partial charge on any atom is 0.0735 e. The van der Waals surface area contributed by atoms with Gasteiger partial charge in [-0.25, -0.2) is 0 Å². The molecule has 2 aromatic rings. The van der Waals surface area contributed by atoms with Crippen LogP contribution in [-0.4, -0.2) is 21.3 Å². The molecule has 2 aromatic heterocycles. The minimum absolute atomic E-state index is 0.911. The Hall–Kier alpha value is -1.84. The minimum Gasteiger partial charge on any atom is -0.384 e. The van der Waals surface area contributed by atoms with E-state index in [9.17, 15) is 0 Å². The lowest BCUT2D eigenvalue weighted by Crippen LogP contribution is -1.96. The molecule has 0 aliphatic heterocycles. The lowest BCUT2D eigenvalue weighted by Gasteiger charge is -2.02. The predicted octanol–water partition coefficient (Wildman–Crippen LogP) is 1.91. The largest absolute Gasteiger partial charge is 0.384 e. The van der Waals surface area contributed by atoms with E-state index in [1.54, 1.807) is 4.68 Å². The van der Waals surface area contributed by atoms with E-state index in [1.165, 1.54) is 0 Å². The van der Waals surface area contributed by atoms with E-state index in [0.29, 0.717) is 0 Å². The third-order valence-corrected chi connectivity index (χ3v) is 2.15. The molecule has 0 fully saturated rings. The summed E-state index contributed by atoms with van der Waals surface area (Å²) in [5, 5.41) is 7.32. The Morgan fingerprint density at radius 1 is 1.33 bits per heavy atom. The summed E-state index contributed by atoms with van der Waals surface area (Å²) in [5.41, 5.74) is 3.04. The number of aromatic nitrogens is 3. The molecule has 0 atom stereocenters. The Morgan fingerprint density at radius 3 is 2.73 bits per heavy atom. The second kappa shape index (κ2) is 4.13. The Kier molecular flexibility index (Phi) is 2.67. The van der Waals surface area contributed by atoms with Crippen LogP contribution < -0.4 is 5.32 Å². The average Bonchev–Trinajstić information content (AvgIpc) is 2.67. The first-order valence-electron chi connectivity index (χ1n) is 4.98. The highest BCUT2D eigenvalue weighted by Gasteiger charge is 2.01. The molecule has 0 aromatic carbocycles. The smallest absolute Gasteiger partial charge is 0.0735 e. The van der Waals surface area contributed by atoms with Gasteiger partial charge in [0, 0.05) is 25.4 Å². The van der Waals surface area contributed by atoms with Crippen molar-refractivity contribution in [2.75, 3.05) is 11.9 Å². The summed E-state index contributed by atoms with van der Waals surface area (Å²) in [5.74, 6) is 0. The zero-order chi connectivity index (χ0) is 10.7. The first-order chi connectivity index (χ1) is 7.29. The van der Waals surface area contributed by atoms with Crippen molar-refractivity contribution < 1.29 is 0 Å². The van der Waals surface area contributed by atoms with Crippen LogP contribution in [0.15, 0.2) is 30.7 Å². The maximum atomic E-state index is 4.37. The third-order valence-electron chi connectivity index (χ3n) is 2.15. The molecule has 0 unspecified atom stereocenters. The molecule has 0 aliphatic carbocycles. The molecule has 78 valence electrons. The number of anilines is 1. The Labute approximate surface area is 89.0 Å².